The standard InChI is InChI=1S/C5H12N4O/c1-8-5(10)4-9(7)3-2-6/h2-3H,4,6-7H2,1H3,(H,8,10)/b3-2-. The van der Waals surface area contributed by atoms with Crippen LogP contribution in [0.2, 0.25) is 0 Å². The molecule has 58 valence electrons. The van der Waals surface area contributed by atoms with E-state index in [9.17, 15) is 4.79 Å². The average molecular weight is 144 g/mol. The van der Waals surface area contributed by atoms with Crippen molar-refractivity contribution in [2.45, 2.75) is 0 Å². The Kier molecular flexibility index (Phi) is 4.06. The Balaban J connectivity index is 3.57. The van der Waals surface area contributed by atoms with E-state index in [-0.39, 0.29) is 12.5 Å². The summed E-state index contributed by atoms with van der Waals surface area (Å²) in [5.74, 6) is 5.11. The summed E-state index contributed by atoms with van der Waals surface area (Å²) in [5, 5.41) is 3.61. The minimum absolute atomic E-state index is 0.115. The second-order valence-corrected chi connectivity index (χ2v) is 1.69. The third-order valence-corrected chi connectivity index (χ3v) is 0.883. The Morgan fingerprint density at radius 3 is 2.80 bits per heavy atom. The molecule has 0 bridgehead atoms. The maximum atomic E-state index is 10.6. The van der Waals surface area contributed by atoms with Crippen molar-refractivity contribution >= 4 is 5.91 Å². The SMILES string of the molecule is CNC(=O)CN(N)/C=C\N. The number of nitrogens with one attached hydrogen (secondary N) is 1. The van der Waals surface area contributed by atoms with Crippen molar-refractivity contribution in [1.29, 1.82) is 0 Å². The minimum atomic E-state index is -0.152. The van der Waals surface area contributed by atoms with E-state index in [1.807, 2.05) is 0 Å². The lowest BCUT2D eigenvalue weighted by atomic mass is 10.6. The first-order chi connectivity index (χ1) is 4.70. The van der Waals surface area contributed by atoms with Crippen LogP contribution in [0.1, 0.15) is 0 Å². The molecule has 0 rings (SSSR count). The van der Waals surface area contributed by atoms with Crippen molar-refractivity contribution in [1.82, 2.24) is 10.3 Å². The molecule has 0 aliphatic heterocycles. The van der Waals surface area contributed by atoms with E-state index >= 15 is 0 Å². The van der Waals surface area contributed by atoms with Gasteiger partial charge in [-0.05, 0) is 0 Å². The molecule has 0 aliphatic rings. The molecular weight excluding hydrogens is 132 g/mol. The molecule has 0 aromatic rings. The molecule has 0 saturated heterocycles. The smallest absolute Gasteiger partial charge is 0.240 e. The molecule has 0 spiro atoms. The fourth-order valence-electron chi connectivity index (χ4n) is 0.408. The molecule has 0 unspecified atom stereocenters. The number of carbonyl (C=O) groups is 1. The lowest BCUT2D eigenvalue weighted by molar-refractivity contribution is -0.121. The van der Waals surface area contributed by atoms with Crippen LogP contribution in [0.5, 0.6) is 0 Å². The number of hydrogen-bond donors (Lipinski definition) is 3. The molecule has 0 fully saturated rings. The second kappa shape index (κ2) is 4.63. The van der Waals surface area contributed by atoms with E-state index in [0.717, 1.165) is 0 Å². The quantitative estimate of drug-likeness (QED) is 0.327. The summed E-state index contributed by atoms with van der Waals surface area (Å²) in [7, 11) is 1.54. The van der Waals surface area contributed by atoms with Gasteiger partial charge in [0.1, 0.15) is 6.54 Å². The second-order valence-electron chi connectivity index (χ2n) is 1.69. The minimum Gasteiger partial charge on any atom is -0.403 e. The zero-order valence-electron chi connectivity index (χ0n) is 5.87. The summed E-state index contributed by atoms with van der Waals surface area (Å²) in [6.07, 6.45) is 2.68. The van der Waals surface area contributed by atoms with Crippen molar-refractivity contribution in [3.8, 4) is 0 Å². The first kappa shape index (κ1) is 8.77. The first-order valence-corrected chi connectivity index (χ1v) is 2.81. The number of likely N-dealkylation sites (N-methyl/N-ethyl adjacent to an activating group) is 1. The monoisotopic (exact) mass is 144 g/mol. The van der Waals surface area contributed by atoms with Crippen molar-refractivity contribution in [2.75, 3.05) is 13.6 Å². The summed E-state index contributed by atoms with van der Waals surface area (Å²) in [4.78, 5) is 10.6. The predicted molar refractivity (Wildman–Crippen MR) is 38.3 cm³/mol. The van der Waals surface area contributed by atoms with Crippen LogP contribution >= 0.6 is 0 Å². The lowest BCUT2D eigenvalue weighted by Gasteiger charge is -2.10. The van der Waals surface area contributed by atoms with E-state index in [2.05, 4.69) is 5.32 Å². The maximum absolute atomic E-state index is 10.6. The molecule has 0 aromatic carbocycles. The van der Waals surface area contributed by atoms with E-state index in [1.54, 1.807) is 7.05 Å². The molecule has 10 heavy (non-hydrogen) atoms. The molecule has 5 nitrogen and oxygen atoms in total. The fraction of sp³-hybridized carbons (Fsp3) is 0.400. The van der Waals surface area contributed by atoms with Gasteiger partial charge < -0.3 is 16.1 Å². The molecule has 0 heterocycles. The Labute approximate surface area is 59.6 Å². The van der Waals surface area contributed by atoms with Crippen LogP contribution in [0, 0.1) is 0 Å². The normalized spacial score (nSPS) is 9.80. The Morgan fingerprint density at radius 2 is 2.40 bits per heavy atom. The summed E-state index contributed by atoms with van der Waals surface area (Å²) in [5.41, 5.74) is 5.01. The number of hydrazine groups is 1. The summed E-state index contributed by atoms with van der Waals surface area (Å²) in [6.45, 7) is 0.115. The van der Waals surface area contributed by atoms with Crippen molar-refractivity contribution in [3.63, 3.8) is 0 Å². The molecule has 0 saturated carbocycles. The van der Waals surface area contributed by atoms with Gasteiger partial charge in [-0.1, -0.05) is 0 Å². The third-order valence-electron chi connectivity index (χ3n) is 0.883. The van der Waals surface area contributed by atoms with E-state index in [0.29, 0.717) is 0 Å². The molecular formula is C5H12N4O. The molecule has 5 heteroatoms. The molecule has 0 atom stereocenters. The van der Waals surface area contributed by atoms with E-state index in [4.69, 9.17) is 11.6 Å². The summed E-state index contributed by atoms with van der Waals surface area (Å²) < 4.78 is 0. The Hall–Kier alpha value is -1.23. The predicted octanol–water partition coefficient (Wildman–Crippen LogP) is -1.66. The van der Waals surface area contributed by atoms with E-state index in [1.165, 1.54) is 17.4 Å². The molecule has 0 radical (unpaired) electrons. The van der Waals surface area contributed by atoms with Crippen LogP contribution in [-0.4, -0.2) is 24.5 Å². The van der Waals surface area contributed by atoms with Gasteiger partial charge in [0.05, 0.1) is 0 Å². The van der Waals surface area contributed by atoms with Gasteiger partial charge in [0, 0.05) is 19.4 Å². The fourth-order valence-corrected chi connectivity index (χ4v) is 0.408. The van der Waals surface area contributed by atoms with Crippen LogP contribution < -0.4 is 16.9 Å². The number of hydrogen-bond acceptors (Lipinski definition) is 4. The zero-order valence-corrected chi connectivity index (χ0v) is 5.87. The lowest BCUT2D eigenvalue weighted by Crippen LogP contribution is -2.36. The highest BCUT2D eigenvalue weighted by Gasteiger charge is 1.98. The van der Waals surface area contributed by atoms with Gasteiger partial charge in [0.15, 0.2) is 0 Å². The molecule has 0 aliphatic carbocycles. The summed E-state index contributed by atoms with van der Waals surface area (Å²) in [6, 6.07) is 0. The highest BCUT2D eigenvalue weighted by Crippen LogP contribution is 1.75. The number of nitrogens with two attached hydrogens (primary N) is 2. The largest absolute Gasteiger partial charge is 0.403 e. The van der Waals surface area contributed by atoms with Gasteiger partial charge in [0.25, 0.3) is 0 Å². The average Bonchev–Trinajstić information content (AvgIpc) is 1.88. The zero-order chi connectivity index (χ0) is 7.98. The van der Waals surface area contributed by atoms with Gasteiger partial charge in [-0.25, -0.2) is 5.84 Å². The third kappa shape index (κ3) is 3.73. The van der Waals surface area contributed by atoms with Crippen LogP contribution in [0.15, 0.2) is 12.4 Å². The Bertz CT molecular complexity index is 134. The van der Waals surface area contributed by atoms with Crippen LogP contribution in [0.25, 0.3) is 0 Å². The van der Waals surface area contributed by atoms with E-state index < -0.39 is 0 Å². The summed E-state index contributed by atoms with van der Waals surface area (Å²) >= 11 is 0. The number of rotatable bonds is 3. The number of carbonyl (C=O) groups excluding carboxylic acids is 1. The molecule has 5 N–H and O–H groups in total. The maximum Gasteiger partial charge on any atom is 0.240 e. The van der Waals surface area contributed by atoms with Crippen LogP contribution in [0.3, 0.4) is 0 Å². The van der Waals surface area contributed by atoms with Gasteiger partial charge in [-0.15, -0.1) is 0 Å². The van der Waals surface area contributed by atoms with Crippen LogP contribution in [0.4, 0.5) is 0 Å². The van der Waals surface area contributed by atoms with Gasteiger partial charge in [-0.2, -0.15) is 0 Å². The molecule has 0 aromatic heterocycles. The highest BCUT2D eigenvalue weighted by atomic mass is 16.2. The van der Waals surface area contributed by atoms with Crippen molar-refractivity contribution in [2.24, 2.45) is 11.6 Å². The molecule has 1 amide bonds. The Morgan fingerprint density at radius 1 is 1.80 bits per heavy atom. The van der Waals surface area contributed by atoms with Crippen molar-refractivity contribution in [3.05, 3.63) is 12.4 Å². The first-order valence-electron chi connectivity index (χ1n) is 2.81. The van der Waals surface area contributed by atoms with Gasteiger partial charge >= 0.3 is 0 Å². The highest BCUT2D eigenvalue weighted by molar-refractivity contribution is 5.77. The topological polar surface area (TPSA) is 84.4 Å². The number of nitrogens with zero attached hydrogens (tertiary/aromatic N) is 1. The van der Waals surface area contributed by atoms with Gasteiger partial charge in [-0.3, -0.25) is 4.79 Å². The van der Waals surface area contributed by atoms with Crippen LogP contribution in [-0.2, 0) is 4.79 Å². The van der Waals surface area contributed by atoms with Gasteiger partial charge in [0.2, 0.25) is 5.91 Å². The number of amides is 1. The van der Waals surface area contributed by atoms with Crippen molar-refractivity contribution < 1.29 is 4.79 Å².